The molecule has 1 aromatic heterocycles. The zero-order valence-electron chi connectivity index (χ0n) is 11.9. The van der Waals surface area contributed by atoms with Crippen LogP contribution in [0.25, 0.3) is 0 Å². The Morgan fingerprint density at radius 3 is 2.60 bits per heavy atom. The van der Waals surface area contributed by atoms with E-state index in [-0.39, 0.29) is 11.9 Å². The normalized spacial score (nSPS) is 12.1. The van der Waals surface area contributed by atoms with Crippen molar-refractivity contribution in [3.8, 4) is 0 Å². The smallest absolute Gasteiger partial charge is 0.226 e. The van der Waals surface area contributed by atoms with Crippen molar-refractivity contribution in [2.75, 3.05) is 12.8 Å². The molecule has 2 rings (SSSR count). The van der Waals surface area contributed by atoms with Crippen LogP contribution in [0, 0.1) is 0 Å². The Balaban J connectivity index is 1.92. The van der Waals surface area contributed by atoms with Gasteiger partial charge in [-0.3, -0.25) is 4.79 Å². The molecule has 0 saturated carbocycles. The third-order valence-corrected chi connectivity index (χ3v) is 4.37. The minimum atomic E-state index is 0.138. The molecule has 0 radical (unpaired) electrons. The summed E-state index contributed by atoms with van der Waals surface area (Å²) in [6, 6.07) is 11.8. The van der Waals surface area contributed by atoms with E-state index < -0.39 is 0 Å². The van der Waals surface area contributed by atoms with Crippen LogP contribution in [0.5, 0.6) is 0 Å². The van der Waals surface area contributed by atoms with E-state index in [0.717, 1.165) is 17.7 Å². The molecular weight excluding hydrogens is 268 g/mol. The molecule has 2 aromatic rings. The number of carbonyl (C=O) groups is 1. The van der Waals surface area contributed by atoms with E-state index in [9.17, 15) is 4.79 Å². The molecule has 0 bridgehead atoms. The molecule has 20 heavy (non-hydrogen) atoms. The first kappa shape index (κ1) is 14.6. The molecule has 1 aromatic carbocycles. The molecule has 0 aliphatic rings. The summed E-state index contributed by atoms with van der Waals surface area (Å²) in [6.45, 7) is 2.08. The summed E-state index contributed by atoms with van der Waals surface area (Å²) < 4.78 is 0. The van der Waals surface area contributed by atoms with Crippen molar-refractivity contribution in [2.24, 2.45) is 0 Å². The van der Waals surface area contributed by atoms with Crippen LogP contribution in [0.4, 0.5) is 5.69 Å². The molecule has 1 unspecified atom stereocenters. The highest BCUT2D eigenvalue weighted by Gasteiger charge is 2.16. The summed E-state index contributed by atoms with van der Waals surface area (Å²) in [5.74, 6) is 0.138. The van der Waals surface area contributed by atoms with Crippen LogP contribution < -0.4 is 5.73 Å². The molecule has 0 fully saturated rings. The fraction of sp³-hybridized carbons (Fsp3) is 0.312. The predicted octanol–water partition coefficient (Wildman–Crippen LogP) is 2.96. The van der Waals surface area contributed by atoms with Gasteiger partial charge in [-0.05, 0) is 36.1 Å². The Kier molecular flexibility index (Phi) is 4.79. The molecule has 0 spiro atoms. The maximum Gasteiger partial charge on any atom is 0.226 e. The summed E-state index contributed by atoms with van der Waals surface area (Å²) in [6.07, 6.45) is 1.33. The zero-order valence-corrected chi connectivity index (χ0v) is 12.7. The van der Waals surface area contributed by atoms with Crippen LogP contribution in [-0.2, 0) is 17.6 Å². The number of thiophene rings is 1. The van der Waals surface area contributed by atoms with Gasteiger partial charge in [0.25, 0.3) is 0 Å². The molecule has 0 aliphatic carbocycles. The minimum absolute atomic E-state index is 0.138. The third-order valence-electron chi connectivity index (χ3n) is 3.47. The number of nitrogen functional groups attached to an aromatic ring is 1. The van der Waals surface area contributed by atoms with E-state index in [4.69, 9.17) is 5.73 Å². The quantitative estimate of drug-likeness (QED) is 0.860. The Morgan fingerprint density at radius 2 is 2.00 bits per heavy atom. The van der Waals surface area contributed by atoms with Gasteiger partial charge in [0.2, 0.25) is 5.91 Å². The summed E-state index contributed by atoms with van der Waals surface area (Å²) in [4.78, 5) is 15.4. The lowest BCUT2D eigenvalue weighted by molar-refractivity contribution is -0.130. The van der Waals surface area contributed by atoms with Gasteiger partial charge in [0.1, 0.15) is 0 Å². The topological polar surface area (TPSA) is 46.3 Å². The monoisotopic (exact) mass is 288 g/mol. The van der Waals surface area contributed by atoms with Gasteiger partial charge >= 0.3 is 0 Å². The van der Waals surface area contributed by atoms with E-state index in [1.807, 2.05) is 42.3 Å². The fourth-order valence-electron chi connectivity index (χ4n) is 2.04. The third kappa shape index (κ3) is 3.84. The van der Waals surface area contributed by atoms with Crippen molar-refractivity contribution >= 4 is 22.9 Å². The second-order valence-electron chi connectivity index (χ2n) is 5.06. The Bertz CT molecular complexity index is 548. The van der Waals surface area contributed by atoms with Crippen LogP contribution in [0.1, 0.15) is 17.4 Å². The maximum atomic E-state index is 12.3. The van der Waals surface area contributed by atoms with Crippen LogP contribution >= 0.6 is 11.3 Å². The van der Waals surface area contributed by atoms with Gasteiger partial charge in [0, 0.05) is 30.1 Å². The average molecular weight is 288 g/mol. The zero-order chi connectivity index (χ0) is 14.5. The highest BCUT2D eigenvalue weighted by Crippen LogP contribution is 2.14. The van der Waals surface area contributed by atoms with Gasteiger partial charge in [0.15, 0.2) is 0 Å². The lowest BCUT2D eigenvalue weighted by Crippen LogP contribution is -2.37. The van der Waals surface area contributed by atoms with Crippen molar-refractivity contribution in [3.63, 3.8) is 0 Å². The molecule has 106 valence electrons. The number of hydrogen-bond donors (Lipinski definition) is 1. The van der Waals surface area contributed by atoms with Gasteiger partial charge < -0.3 is 10.6 Å². The second-order valence-corrected chi connectivity index (χ2v) is 6.09. The number of rotatable bonds is 5. The largest absolute Gasteiger partial charge is 0.399 e. The Morgan fingerprint density at radius 1 is 1.30 bits per heavy atom. The molecular formula is C16H20N2OS. The second kappa shape index (κ2) is 6.57. The first-order valence-corrected chi connectivity index (χ1v) is 7.56. The van der Waals surface area contributed by atoms with E-state index in [0.29, 0.717) is 6.42 Å². The number of benzene rings is 1. The highest BCUT2D eigenvalue weighted by molar-refractivity contribution is 7.09. The number of nitrogens with two attached hydrogens (primary N) is 1. The van der Waals surface area contributed by atoms with Gasteiger partial charge in [-0.1, -0.05) is 18.2 Å². The SMILES string of the molecule is CC(Cc1cccs1)N(C)C(=O)Cc1ccc(N)cc1. The van der Waals surface area contributed by atoms with Crippen LogP contribution in [0.15, 0.2) is 41.8 Å². The van der Waals surface area contributed by atoms with Crippen molar-refractivity contribution < 1.29 is 4.79 Å². The lowest BCUT2D eigenvalue weighted by atomic mass is 10.1. The van der Waals surface area contributed by atoms with Gasteiger partial charge in [-0.15, -0.1) is 11.3 Å². The Labute approximate surface area is 124 Å². The fourth-order valence-corrected chi connectivity index (χ4v) is 2.86. The number of carbonyl (C=O) groups excluding carboxylic acids is 1. The minimum Gasteiger partial charge on any atom is -0.399 e. The van der Waals surface area contributed by atoms with Crippen molar-refractivity contribution in [1.82, 2.24) is 4.90 Å². The number of anilines is 1. The molecule has 1 amide bonds. The standard InChI is InChI=1S/C16H20N2OS/c1-12(10-15-4-3-9-20-15)18(2)16(19)11-13-5-7-14(17)8-6-13/h3-9,12H,10-11,17H2,1-2H3. The maximum absolute atomic E-state index is 12.3. The van der Waals surface area contributed by atoms with E-state index in [2.05, 4.69) is 18.4 Å². The molecule has 4 heteroatoms. The summed E-state index contributed by atoms with van der Waals surface area (Å²) in [7, 11) is 1.87. The van der Waals surface area contributed by atoms with Crippen LogP contribution in [0.3, 0.4) is 0 Å². The van der Waals surface area contributed by atoms with E-state index >= 15 is 0 Å². The van der Waals surface area contributed by atoms with Crippen molar-refractivity contribution in [3.05, 3.63) is 52.2 Å². The summed E-state index contributed by atoms with van der Waals surface area (Å²) in [5.41, 5.74) is 7.37. The molecule has 1 atom stereocenters. The number of amides is 1. The molecule has 3 nitrogen and oxygen atoms in total. The van der Waals surface area contributed by atoms with Crippen LogP contribution in [0.2, 0.25) is 0 Å². The molecule has 0 saturated heterocycles. The highest BCUT2D eigenvalue weighted by atomic mass is 32.1. The van der Waals surface area contributed by atoms with Gasteiger partial charge in [-0.25, -0.2) is 0 Å². The van der Waals surface area contributed by atoms with Crippen molar-refractivity contribution in [2.45, 2.75) is 25.8 Å². The molecule has 1 heterocycles. The van der Waals surface area contributed by atoms with E-state index in [1.165, 1.54) is 4.88 Å². The van der Waals surface area contributed by atoms with Gasteiger partial charge in [0.05, 0.1) is 6.42 Å². The summed E-state index contributed by atoms with van der Waals surface area (Å²) >= 11 is 1.73. The van der Waals surface area contributed by atoms with Crippen molar-refractivity contribution in [1.29, 1.82) is 0 Å². The molecule has 2 N–H and O–H groups in total. The number of nitrogens with zero attached hydrogens (tertiary/aromatic N) is 1. The number of likely N-dealkylation sites (N-methyl/N-ethyl adjacent to an activating group) is 1. The van der Waals surface area contributed by atoms with Gasteiger partial charge in [-0.2, -0.15) is 0 Å². The summed E-state index contributed by atoms with van der Waals surface area (Å²) in [5, 5.41) is 2.07. The first-order chi connectivity index (χ1) is 9.56. The predicted molar refractivity (Wildman–Crippen MR) is 84.8 cm³/mol. The van der Waals surface area contributed by atoms with Crippen LogP contribution in [-0.4, -0.2) is 23.9 Å². The lowest BCUT2D eigenvalue weighted by Gasteiger charge is -2.24. The number of hydrogen-bond acceptors (Lipinski definition) is 3. The van der Waals surface area contributed by atoms with E-state index in [1.54, 1.807) is 11.3 Å². The average Bonchev–Trinajstić information content (AvgIpc) is 2.93. The molecule has 0 aliphatic heterocycles. The Hall–Kier alpha value is -1.81. The first-order valence-electron chi connectivity index (χ1n) is 6.68.